The summed E-state index contributed by atoms with van der Waals surface area (Å²) >= 11 is 5.91. The monoisotopic (exact) mass is 272 g/mol. The van der Waals surface area contributed by atoms with Crippen LogP contribution in [-0.2, 0) is 6.42 Å². The molecule has 0 aliphatic heterocycles. The van der Waals surface area contributed by atoms with Crippen molar-refractivity contribution in [3.8, 4) is 0 Å². The van der Waals surface area contributed by atoms with Crippen LogP contribution < -0.4 is 0 Å². The van der Waals surface area contributed by atoms with Gasteiger partial charge in [0.1, 0.15) is 0 Å². The van der Waals surface area contributed by atoms with Crippen LogP contribution in [0, 0.1) is 26.1 Å². The predicted octanol–water partition coefficient (Wildman–Crippen LogP) is 3.31. The zero-order chi connectivity index (χ0) is 13.9. The first kappa shape index (κ1) is 14.4. The normalized spacial score (nSPS) is 13.9. The maximum Gasteiger partial charge on any atom is 0.279 e. The van der Waals surface area contributed by atoms with Crippen LogP contribution in [0.2, 0.25) is 0 Å². The number of nitro benzene ring substituents is 2. The Hall–Kier alpha value is -1.69. The molecule has 6 nitrogen and oxygen atoms in total. The van der Waals surface area contributed by atoms with Crippen LogP contribution in [0.4, 0.5) is 11.4 Å². The highest BCUT2D eigenvalue weighted by Crippen LogP contribution is 2.28. The molecule has 0 bridgehead atoms. The molecule has 0 amide bonds. The van der Waals surface area contributed by atoms with Crippen molar-refractivity contribution in [1.29, 1.82) is 0 Å². The number of nitro groups is 2. The lowest BCUT2D eigenvalue weighted by atomic mass is 9.97. The largest absolute Gasteiger partial charge is 0.279 e. The number of alkyl halides is 1. The summed E-state index contributed by atoms with van der Waals surface area (Å²) < 4.78 is 0. The molecule has 0 spiro atoms. The molecular weight excluding hydrogens is 260 g/mol. The number of halogens is 1. The lowest BCUT2D eigenvalue weighted by Crippen LogP contribution is -2.11. The van der Waals surface area contributed by atoms with Crippen LogP contribution >= 0.6 is 11.6 Å². The van der Waals surface area contributed by atoms with Gasteiger partial charge in [-0.1, -0.05) is 6.92 Å². The van der Waals surface area contributed by atoms with E-state index in [9.17, 15) is 20.2 Å². The summed E-state index contributed by atoms with van der Waals surface area (Å²) in [7, 11) is 0. The van der Waals surface area contributed by atoms with Gasteiger partial charge in [0.25, 0.3) is 11.4 Å². The molecule has 1 rings (SSSR count). The molecule has 0 aliphatic rings. The zero-order valence-electron chi connectivity index (χ0n) is 10.00. The second-order valence-corrected chi connectivity index (χ2v) is 4.87. The van der Waals surface area contributed by atoms with Gasteiger partial charge < -0.3 is 0 Å². The summed E-state index contributed by atoms with van der Waals surface area (Å²) in [5.74, 6) is 0.0480. The maximum atomic E-state index is 10.9. The van der Waals surface area contributed by atoms with Gasteiger partial charge in [-0.25, -0.2) is 0 Å². The van der Waals surface area contributed by atoms with E-state index in [-0.39, 0.29) is 22.7 Å². The smallest absolute Gasteiger partial charge is 0.258 e. The lowest BCUT2D eigenvalue weighted by Gasteiger charge is -2.13. The van der Waals surface area contributed by atoms with Crippen LogP contribution in [0.15, 0.2) is 18.2 Å². The van der Waals surface area contributed by atoms with Crippen molar-refractivity contribution in [1.82, 2.24) is 0 Å². The Morgan fingerprint density at radius 3 is 2.28 bits per heavy atom. The minimum atomic E-state index is -0.648. The molecule has 1 aromatic rings. The molecule has 2 unspecified atom stereocenters. The topological polar surface area (TPSA) is 86.3 Å². The third-order valence-electron chi connectivity index (χ3n) is 2.80. The number of non-ortho nitro benzene ring substituents is 1. The van der Waals surface area contributed by atoms with E-state index in [1.54, 1.807) is 0 Å². The zero-order valence-corrected chi connectivity index (χ0v) is 10.8. The van der Waals surface area contributed by atoms with Crippen LogP contribution in [0.1, 0.15) is 19.4 Å². The van der Waals surface area contributed by atoms with Crippen molar-refractivity contribution in [2.45, 2.75) is 25.6 Å². The summed E-state index contributed by atoms with van der Waals surface area (Å²) in [6, 6.07) is 3.68. The van der Waals surface area contributed by atoms with Gasteiger partial charge in [0.15, 0.2) is 0 Å². The van der Waals surface area contributed by atoms with E-state index in [2.05, 4.69) is 0 Å². The Kier molecular flexibility index (Phi) is 4.61. The first-order chi connectivity index (χ1) is 8.32. The Bertz CT molecular complexity index is 476. The summed E-state index contributed by atoms with van der Waals surface area (Å²) in [6.45, 7) is 3.69. The van der Waals surface area contributed by atoms with Crippen LogP contribution in [0.5, 0.6) is 0 Å². The molecule has 0 fully saturated rings. The van der Waals surface area contributed by atoms with Gasteiger partial charge in [-0.05, 0) is 25.3 Å². The molecule has 98 valence electrons. The maximum absolute atomic E-state index is 10.9. The number of rotatable bonds is 5. The second kappa shape index (κ2) is 5.77. The van der Waals surface area contributed by atoms with Crippen molar-refractivity contribution in [3.05, 3.63) is 44.0 Å². The SMILES string of the molecule is CC(Cl)C(C)Cc1ccc([N+](=O)[O-])cc1[N+](=O)[O-]. The Morgan fingerprint density at radius 2 is 1.83 bits per heavy atom. The average molecular weight is 273 g/mol. The summed E-state index contributed by atoms with van der Waals surface area (Å²) in [5, 5.41) is 21.4. The van der Waals surface area contributed by atoms with E-state index in [0.717, 1.165) is 6.07 Å². The van der Waals surface area contributed by atoms with Crippen molar-refractivity contribution in [3.63, 3.8) is 0 Å². The Morgan fingerprint density at radius 1 is 1.22 bits per heavy atom. The molecule has 2 atom stereocenters. The van der Waals surface area contributed by atoms with Gasteiger partial charge >= 0.3 is 0 Å². The summed E-state index contributed by atoms with van der Waals surface area (Å²) in [5.41, 5.74) is -0.0454. The van der Waals surface area contributed by atoms with Crippen molar-refractivity contribution in [2.75, 3.05) is 0 Å². The van der Waals surface area contributed by atoms with Crippen LogP contribution in [0.3, 0.4) is 0 Å². The molecule has 18 heavy (non-hydrogen) atoms. The van der Waals surface area contributed by atoms with Crippen molar-refractivity contribution in [2.24, 2.45) is 5.92 Å². The molecule has 0 aromatic heterocycles. The highest BCUT2D eigenvalue weighted by molar-refractivity contribution is 6.20. The molecular formula is C11H13ClN2O4. The molecule has 1 aromatic carbocycles. The third-order valence-corrected chi connectivity index (χ3v) is 3.23. The van der Waals surface area contributed by atoms with Gasteiger partial charge in [-0.15, -0.1) is 11.6 Å². The highest BCUT2D eigenvalue weighted by atomic mass is 35.5. The fourth-order valence-corrected chi connectivity index (χ4v) is 1.61. The predicted molar refractivity (Wildman–Crippen MR) is 67.9 cm³/mol. The first-order valence-electron chi connectivity index (χ1n) is 5.38. The lowest BCUT2D eigenvalue weighted by molar-refractivity contribution is -0.394. The number of nitrogens with zero attached hydrogens (tertiary/aromatic N) is 2. The van der Waals surface area contributed by atoms with Gasteiger partial charge in [0, 0.05) is 17.0 Å². The van der Waals surface area contributed by atoms with E-state index < -0.39 is 9.85 Å². The van der Waals surface area contributed by atoms with E-state index in [4.69, 9.17) is 11.6 Å². The van der Waals surface area contributed by atoms with Gasteiger partial charge in [0.05, 0.1) is 15.9 Å². The van der Waals surface area contributed by atoms with E-state index in [0.29, 0.717) is 12.0 Å². The van der Waals surface area contributed by atoms with Gasteiger partial charge in [0.2, 0.25) is 0 Å². The summed E-state index contributed by atoms with van der Waals surface area (Å²) in [6.07, 6.45) is 0.416. The average Bonchev–Trinajstić information content (AvgIpc) is 2.28. The molecule has 0 radical (unpaired) electrons. The summed E-state index contributed by atoms with van der Waals surface area (Å²) in [4.78, 5) is 20.2. The Labute approximate surface area is 109 Å². The molecule has 0 saturated carbocycles. The first-order valence-corrected chi connectivity index (χ1v) is 5.82. The standard InChI is InChI=1S/C11H13ClN2O4/c1-7(8(2)12)5-9-3-4-10(13(15)16)6-11(9)14(17)18/h3-4,6-8H,5H2,1-2H3. The fourth-order valence-electron chi connectivity index (χ4n) is 1.52. The minimum absolute atomic E-state index is 0.0480. The van der Waals surface area contributed by atoms with Gasteiger partial charge in [-0.2, -0.15) is 0 Å². The molecule has 7 heteroatoms. The van der Waals surface area contributed by atoms with Crippen molar-refractivity contribution >= 4 is 23.0 Å². The third kappa shape index (κ3) is 3.40. The van der Waals surface area contributed by atoms with Crippen LogP contribution in [0.25, 0.3) is 0 Å². The van der Waals surface area contributed by atoms with E-state index >= 15 is 0 Å². The molecule has 0 heterocycles. The van der Waals surface area contributed by atoms with Gasteiger partial charge in [-0.3, -0.25) is 20.2 Å². The minimum Gasteiger partial charge on any atom is -0.258 e. The number of hydrogen-bond acceptors (Lipinski definition) is 4. The molecule has 0 aliphatic carbocycles. The quantitative estimate of drug-likeness (QED) is 0.467. The molecule has 0 saturated heterocycles. The number of benzene rings is 1. The van der Waals surface area contributed by atoms with Crippen LogP contribution in [-0.4, -0.2) is 15.2 Å². The van der Waals surface area contributed by atoms with E-state index in [1.165, 1.54) is 12.1 Å². The number of hydrogen-bond donors (Lipinski definition) is 0. The van der Waals surface area contributed by atoms with Crippen molar-refractivity contribution < 1.29 is 9.85 Å². The second-order valence-electron chi connectivity index (χ2n) is 4.19. The fraction of sp³-hybridized carbons (Fsp3) is 0.455. The Balaban J connectivity index is 3.12. The molecule has 0 N–H and O–H groups in total. The van der Waals surface area contributed by atoms with E-state index in [1.807, 2.05) is 13.8 Å². The highest BCUT2D eigenvalue weighted by Gasteiger charge is 2.21.